The van der Waals surface area contributed by atoms with Crippen molar-refractivity contribution < 1.29 is 0 Å². The molecule has 3 aromatic rings. The van der Waals surface area contributed by atoms with E-state index in [0.29, 0.717) is 0 Å². The van der Waals surface area contributed by atoms with Crippen LogP contribution in [0, 0.1) is 0 Å². The van der Waals surface area contributed by atoms with Gasteiger partial charge in [-0.1, -0.05) is 46.3 Å². The van der Waals surface area contributed by atoms with Crippen molar-refractivity contribution in [2.75, 3.05) is 7.05 Å². The van der Waals surface area contributed by atoms with Crippen LogP contribution in [0.1, 0.15) is 17.2 Å². The number of nitrogens with zero attached hydrogens (tertiary/aromatic N) is 2. The standard InChI is InChI=1S/C17H16BrN3/c1-19-16(11-12-5-2-3-7-14(12)18)13-6-4-8-15-17(13)21-10-9-20-15/h2-10,16,19H,11H2,1H3. The first-order chi connectivity index (χ1) is 10.3. The summed E-state index contributed by atoms with van der Waals surface area (Å²) in [6, 6.07) is 14.7. The first-order valence-electron chi connectivity index (χ1n) is 6.90. The average Bonchev–Trinajstić information content (AvgIpc) is 2.54. The van der Waals surface area contributed by atoms with Crippen LogP contribution < -0.4 is 5.32 Å². The van der Waals surface area contributed by atoms with Crippen molar-refractivity contribution >= 4 is 27.0 Å². The molecular formula is C17H16BrN3. The zero-order valence-corrected chi connectivity index (χ0v) is 13.3. The Morgan fingerprint density at radius 3 is 2.67 bits per heavy atom. The van der Waals surface area contributed by atoms with Gasteiger partial charge in [0.1, 0.15) is 0 Å². The van der Waals surface area contributed by atoms with Gasteiger partial charge in [-0.05, 0) is 36.7 Å². The number of hydrogen-bond acceptors (Lipinski definition) is 3. The lowest BCUT2D eigenvalue weighted by atomic mass is 9.97. The molecule has 0 aliphatic heterocycles. The van der Waals surface area contributed by atoms with E-state index in [9.17, 15) is 0 Å². The Kier molecular flexibility index (Phi) is 4.27. The topological polar surface area (TPSA) is 37.8 Å². The van der Waals surface area contributed by atoms with Gasteiger partial charge in [0.15, 0.2) is 0 Å². The first kappa shape index (κ1) is 14.2. The molecule has 4 heteroatoms. The number of likely N-dealkylation sites (N-methyl/N-ethyl adjacent to an activating group) is 1. The van der Waals surface area contributed by atoms with E-state index in [-0.39, 0.29) is 6.04 Å². The van der Waals surface area contributed by atoms with Gasteiger partial charge < -0.3 is 5.32 Å². The minimum Gasteiger partial charge on any atom is -0.313 e. The fourth-order valence-corrected chi connectivity index (χ4v) is 2.99. The zero-order valence-electron chi connectivity index (χ0n) is 11.8. The lowest BCUT2D eigenvalue weighted by Crippen LogP contribution is -2.19. The maximum Gasteiger partial charge on any atom is 0.0934 e. The van der Waals surface area contributed by atoms with Gasteiger partial charge in [-0.3, -0.25) is 9.97 Å². The third-order valence-electron chi connectivity index (χ3n) is 3.64. The lowest BCUT2D eigenvalue weighted by Gasteiger charge is -2.18. The van der Waals surface area contributed by atoms with Crippen LogP contribution in [0.5, 0.6) is 0 Å². The fourth-order valence-electron chi connectivity index (χ4n) is 2.55. The zero-order chi connectivity index (χ0) is 14.7. The van der Waals surface area contributed by atoms with Gasteiger partial charge >= 0.3 is 0 Å². The summed E-state index contributed by atoms with van der Waals surface area (Å²) in [7, 11) is 1.98. The molecule has 0 aliphatic carbocycles. The molecule has 0 amide bonds. The summed E-state index contributed by atoms with van der Waals surface area (Å²) in [5.41, 5.74) is 4.35. The van der Waals surface area contributed by atoms with E-state index in [1.807, 2.05) is 25.2 Å². The Bertz CT molecular complexity index is 752. The van der Waals surface area contributed by atoms with Gasteiger partial charge in [-0.2, -0.15) is 0 Å². The first-order valence-corrected chi connectivity index (χ1v) is 7.69. The second-order valence-corrected chi connectivity index (χ2v) is 5.76. The number of nitrogens with one attached hydrogen (secondary N) is 1. The largest absolute Gasteiger partial charge is 0.313 e. The molecule has 2 aromatic carbocycles. The molecule has 21 heavy (non-hydrogen) atoms. The number of rotatable bonds is 4. The van der Waals surface area contributed by atoms with Gasteiger partial charge in [-0.15, -0.1) is 0 Å². The minimum absolute atomic E-state index is 0.198. The molecule has 0 saturated carbocycles. The highest BCUT2D eigenvalue weighted by Crippen LogP contribution is 2.27. The Balaban J connectivity index is 2.01. The van der Waals surface area contributed by atoms with E-state index in [0.717, 1.165) is 21.9 Å². The summed E-state index contributed by atoms with van der Waals surface area (Å²) >= 11 is 3.62. The third-order valence-corrected chi connectivity index (χ3v) is 4.41. The van der Waals surface area contributed by atoms with E-state index in [1.54, 1.807) is 12.4 Å². The number of hydrogen-bond donors (Lipinski definition) is 1. The van der Waals surface area contributed by atoms with Crippen LogP contribution in [0.15, 0.2) is 59.3 Å². The molecule has 0 aliphatic rings. The fraction of sp³-hybridized carbons (Fsp3) is 0.176. The predicted octanol–water partition coefficient (Wildman–Crippen LogP) is 3.90. The Morgan fingerprint density at radius 1 is 1.05 bits per heavy atom. The van der Waals surface area contributed by atoms with Crippen LogP contribution in [-0.2, 0) is 6.42 Å². The summed E-state index contributed by atoms with van der Waals surface area (Å²) in [6.07, 6.45) is 4.37. The molecular weight excluding hydrogens is 326 g/mol. The van der Waals surface area contributed by atoms with Gasteiger partial charge in [0.2, 0.25) is 0 Å². The second-order valence-electron chi connectivity index (χ2n) is 4.91. The van der Waals surface area contributed by atoms with Crippen molar-refractivity contribution in [3.63, 3.8) is 0 Å². The highest BCUT2D eigenvalue weighted by Gasteiger charge is 2.15. The molecule has 1 heterocycles. The molecule has 1 atom stereocenters. The second kappa shape index (κ2) is 6.33. The number of halogens is 1. The van der Waals surface area contributed by atoms with E-state index < -0.39 is 0 Å². The van der Waals surface area contributed by atoms with Crippen LogP contribution >= 0.6 is 15.9 Å². The van der Waals surface area contributed by atoms with Crippen molar-refractivity contribution in [3.05, 3.63) is 70.5 Å². The van der Waals surface area contributed by atoms with Crippen LogP contribution in [0.4, 0.5) is 0 Å². The van der Waals surface area contributed by atoms with Crippen molar-refractivity contribution in [1.29, 1.82) is 0 Å². The van der Waals surface area contributed by atoms with Gasteiger partial charge in [0.25, 0.3) is 0 Å². The van der Waals surface area contributed by atoms with Crippen LogP contribution in [0.2, 0.25) is 0 Å². The monoisotopic (exact) mass is 341 g/mol. The van der Waals surface area contributed by atoms with Crippen molar-refractivity contribution in [2.45, 2.75) is 12.5 Å². The number of fused-ring (bicyclic) bond motifs is 1. The molecule has 1 aromatic heterocycles. The minimum atomic E-state index is 0.198. The predicted molar refractivity (Wildman–Crippen MR) is 89.2 cm³/mol. The summed E-state index contributed by atoms with van der Waals surface area (Å²) in [6.45, 7) is 0. The van der Waals surface area contributed by atoms with E-state index in [4.69, 9.17) is 0 Å². The quantitative estimate of drug-likeness (QED) is 0.782. The van der Waals surface area contributed by atoms with E-state index in [2.05, 4.69) is 55.5 Å². The molecule has 0 saturated heterocycles. The SMILES string of the molecule is CNC(Cc1ccccc1Br)c1cccc2nccnc12. The summed E-state index contributed by atoms with van der Waals surface area (Å²) in [4.78, 5) is 8.88. The molecule has 3 nitrogen and oxygen atoms in total. The van der Waals surface area contributed by atoms with Gasteiger partial charge in [0.05, 0.1) is 11.0 Å². The summed E-state index contributed by atoms with van der Waals surface area (Å²) in [5.74, 6) is 0. The van der Waals surface area contributed by atoms with E-state index in [1.165, 1.54) is 11.1 Å². The van der Waals surface area contributed by atoms with Crippen LogP contribution in [0.3, 0.4) is 0 Å². The Hall–Kier alpha value is -1.78. The Labute approximate surface area is 132 Å². The van der Waals surface area contributed by atoms with Crippen molar-refractivity contribution in [3.8, 4) is 0 Å². The highest BCUT2D eigenvalue weighted by molar-refractivity contribution is 9.10. The average molecular weight is 342 g/mol. The number of para-hydroxylation sites is 1. The third kappa shape index (κ3) is 2.96. The number of benzene rings is 2. The molecule has 0 spiro atoms. The van der Waals surface area contributed by atoms with Crippen molar-refractivity contribution in [1.82, 2.24) is 15.3 Å². The highest BCUT2D eigenvalue weighted by atomic mass is 79.9. The smallest absolute Gasteiger partial charge is 0.0934 e. The van der Waals surface area contributed by atoms with Crippen LogP contribution in [-0.4, -0.2) is 17.0 Å². The molecule has 1 unspecified atom stereocenters. The molecule has 106 valence electrons. The molecule has 0 fully saturated rings. The molecule has 0 radical (unpaired) electrons. The van der Waals surface area contributed by atoms with Crippen molar-refractivity contribution in [2.24, 2.45) is 0 Å². The molecule has 1 N–H and O–H groups in total. The molecule has 3 rings (SSSR count). The summed E-state index contributed by atoms with van der Waals surface area (Å²) in [5, 5.41) is 3.40. The maximum absolute atomic E-state index is 4.50. The summed E-state index contributed by atoms with van der Waals surface area (Å²) < 4.78 is 1.14. The van der Waals surface area contributed by atoms with Gasteiger partial charge in [0, 0.05) is 22.9 Å². The van der Waals surface area contributed by atoms with Crippen LogP contribution in [0.25, 0.3) is 11.0 Å². The number of aromatic nitrogens is 2. The maximum atomic E-state index is 4.50. The lowest BCUT2D eigenvalue weighted by molar-refractivity contribution is 0.594. The Morgan fingerprint density at radius 2 is 1.86 bits per heavy atom. The molecule has 0 bridgehead atoms. The van der Waals surface area contributed by atoms with Gasteiger partial charge in [-0.25, -0.2) is 0 Å². The normalized spacial score (nSPS) is 12.5. The van der Waals surface area contributed by atoms with E-state index >= 15 is 0 Å².